The van der Waals surface area contributed by atoms with Crippen molar-refractivity contribution in [2.45, 2.75) is 19.9 Å². The molecule has 146 valence electrons. The normalized spacial score (nSPS) is 11.9. The quantitative estimate of drug-likeness (QED) is 0.461. The Morgan fingerprint density at radius 3 is 2.62 bits per heavy atom. The minimum absolute atomic E-state index is 0.0468. The van der Waals surface area contributed by atoms with Crippen molar-refractivity contribution in [3.05, 3.63) is 83.4 Å². The van der Waals surface area contributed by atoms with Crippen LogP contribution in [0.3, 0.4) is 0 Å². The lowest BCUT2D eigenvalue weighted by Gasteiger charge is -2.20. The topological polar surface area (TPSA) is 58.1 Å². The summed E-state index contributed by atoms with van der Waals surface area (Å²) in [5.41, 5.74) is 1.15. The number of fused-ring (bicyclic) bond motifs is 1. The lowest BCUT2D eigenvalue weighted by Crippen LogP contribution is -2.31. The molecule has 4 rings (SSSR count). The van der Waals surface area contributed by atoms with E-state index in [9.17, 15) is 4.79 Å². The second-order valence-electron chi connectivity index (χ2n) is 6.71. The van der Waals surface area contributed by atoms with Gasteiger partial charge in [-0.1, -0.05) is 48.5 Å². The van der Waals surface area contributed by atoms with Crippen LogP contribution in [-0.2, 0) is 0 Å². The predicted molar refractivity (Wildman–Crippen MR) is 120 cm³/mol. The Bertz CT molecular complexity index is 1090. The van der Waals surface area contributed by atoms with Crippen molar-refractivity contribution in [2.75, 3.05) is 16.8 Å². The van der Waals surface area contributed by atoms with Gasteiger partial charge in [0.1, 0.15) is 5.82 Å². The van der Waals surface area contributed by atoms with Crippen LogP contribution in [0.25, 0.3) is 10.1 Å². The maximum absolute atomic E-state index is 13.2. The summed E-state index contributed by atoms with van der Waals surface area (Å²) in [4.78, 5) is 24.5. The van der Waals surface area contributed by atoms with Crippen molar-refractivity contribution in [1.29, 1.82) is 0 Å². The summed E-state index contributed by atoms with van der Waals surface area (Å²) in [6.45, 7) is 4.54. The van der Waals surface area contributed by atoms with Crippen LogP contribution in [-0.4, -0.2) is 22.4 Å². The largest absolute Gasteiger partial charge is 0.348 e. The molecule has 0 aliphatic heterocycles. The van der Waals surface area contributed by atoms with Gasteiger partial charge < -0.3 is 5.32 Å². The van der Waals surface area contributed by atoms with Crippen LogP contribution in [0.4, 0.5) is 11.8 Å². The number of aromatic nitrogens is 2. The van der Waals surface area contributed by atoms with Crippen molar-refractivity contribution >= 4 is 39.1 Å². The van der Waals surface area contributed by atoms with E-state index >= 15 is 0 Å². The van der Waals surface area contributed by atoms with E-state index in [1.165, 1.54) is 11.3 Å². The van der Waals surface area contributed by atoms with Gasteiger partial charge in [-0.15, -0.1) is 11.3 Å². The van der Waals surface area contributed by atoms with Crippen molar-refractivity contribution < 1.29 is 4.79 Å². The fourth-order valence-electron chi connectivity index (χ4n) is 3.22. The SMILES string of the molecule is CCN(C(=O)c1cc2ccccc2s1)c1ccnc(N[C@H](C)c2ccccc2)n1. The summed E-state index contributed by atoms with van der Waals surface area (Å²) in [6.07, 6.45) is 1.68. The number of carbonyl (C=O) groups excluding carboxylic acids is 1. The number of hydrogen-bond acceptors (Lipinski definition) is 5. The molecule has 6 heteroatoms. The Balaban J connectivity index is 1.57. The number of carbonyl (C=O) groups is 1. The first-order valence-electron chi connectivity index (χ1n) is 9.60. The summed E-state index contributed by atoms with van der Waals surface area (Å²) in [7, 11) is 0. The molecule has 0 saturated carbocycles. The number of anilines is 2. The Labute approximate surface area is 174 Å². The zero-order chi connectivity index (χ0) is 20.2. The Hall–Kier alpha value is -3.25. The Kier molecular flexibility index (Phi) is 5.53. The lowest BCUT2D eigenvalue weighted by molar-refractivity contribution is 0.0991. The number of amides is 1. The standard InChI is InChI=1S/C23H22N4OS/c1-3-27(22(28)20-15-18-11-7-8-12-19(18)29-20)21-13-14-24-23(26-21)25-16(2)17-9-5-4-6-10-17/h4-16H,3H2,1-2H3,(H,24,25,26)/t16-/m1/s1. The first kappa shape index (κ1) is 19.1. The lowest BCUT2D eigenvalue weighted by atomic mass is 10.1. The molecule has 4 aromatic rings. The third kappa shape index (κ3) is 4.12. The molecule has 0 unspecified atom stereocenters. The summed E-state index contributed by atoms with van der Waals surface area (Å²) in [6, 6.07) is 21.9. The summed E-state index contributed by atoms with van der Waals surface area (Å²) in [5, 5.41) is 4.40. The molecule has 0 spiro atoms. The highest BCUT2D eigenvalue weighted by Crippen LogP contribution is 2.28. The molecule has 0 bridgehead atoms. The monoisotopic (exact) mass is 402 g/mol. The van der Waals surface area contributed by atoms with Crippen LogP contribution in [0.15, 0.2) is 72.9 Å². The number of rotatable bonds is 6. The maximum atomic E-state index is 13.2. The summed E-state index contributed by atoms with van der Waals surface area (Å²) < 4.78 is 1.11. The van der Waals surface area contributed by atoms with Crippen molar-refractivity contribution in [2.24, 2.45) is 0 Å². The molecular formula is C23H22N4OS. The molecule has 2 aromatic heterocycles. The average Bonchev–Trinajstić information content (AvgIpc) is 3.19. The van der Waals surface area contributed by atoms with Crippen LogP contribution < -0.4 is 10.2 Å². The predicted octanol–water partition coefficient (Wildman–Crippen LogP) is 5.53. The van der Waals surface area contributed by atoms with Gasteiger partial charge in [0.2, 0.25) is 5.95 Å². The van der Waals surface area contributed by atoms with E-state index in [2.05, 4.69) is 34.3 Å². The van der Waals surface area contributed by atoms with Gasteiger partial charge in [0, 0.05) is 17.4 Å². The first-order chi connectivity index (χ1) is 14.2. The van der Waals surface area contributed by atoms with Gasteiger partial charge in [-0.2, -0.15) is 4.98 Å². The summed E-state index contributed by atoms with van der Waals surface area (Å²) >= 11 is 1.51. The molecule has 1 amide bonds. The number of thiophene rings is 1. The maximum Gasteiger partial charge on any atom is 0.269 e. The zero-order valence-corrected chi connectivity index (χ0v) is 17.2. The van der Waals surface area contributed by atoms with Gasteiger partial charge in [-0.25, -0.2) is 4.98 Å². The Morgan fingerprint density at radius 1 is 1.10 bits per heavy atom. The van der Waals surface area contributed by atoms with Crippen LogP contribution in [0.2, 0.25) is 0 Å². The third-order valence-corrected chi connectivity index (χ3v) is 5.86. The Morgan fingerprint density at radius 2 is 1.86 bits per heavy atom. The van der Waals surface area contributed by atoms with Gasteiger partial charge in [-0.3, -0.25) is 9.69 Å². The molecule has 2 aromatic carbocycles. The number of benzene rings is 2. The number of nitrogens with one attached hydrogen (secondary N) is 1. The molecule has 0 aliphatic carbocycles. The highest BCUT2D eigenvalue weighted by molar-refractivity contribution is 7.20. The van der Waals surface area contributed by atoms with E-state index in [4.69, 9.17) is 0 Å². The van der Waals surface area contributed by atoms with Crippen LogP contribution >= 0.6 is 11.3 Å². The third-order valence-electron chi connectivity index (χ3n) is 4.76. The van der Waals surface area contributed by atoms with Crippen LogP contribution in [0.1, 0.15) is 35.1 Å². The molecule has 2 heterocycles. The van der Waals surface area contributed by atoms with E-state index in [1.54, 1.807) is 17.2 Å². The minimum atomic E-state index is -0.0468. The van der Waals surface area contributed by atoms with E-state index in [1.807, 2.05) is 55.5 Å². The molecule has 1 atom stereocenters. The fraction of sp³-hybridized carbons (Fsp3) is 0.174. The second kappa shape index (κ2) is 8.41. The molecule has 5 nitrogen and oxygen atoms in total. The summed E-state index contributed by atoms with van der Waals surface area (Å²) in [5.74, 6) is 1.05. The fourth-order valence-corrected chi connectivity index (χ4v) is 4.23. The van der Waals surface area contributed by atoms with Crippen LogP contribution in [0.5, 0.6) is 0 Å². The van der Waals surface area contributed by atoms with Gasteiger partial charge >= 0.3 is 0 Å². The van der Waals surface area contributed by atoms with E-state index < -0.39 is 0 Å². The van der Waals surface area contributed by atoms with Crippen LogP contribution in [0, 0.1) is 0 Å². The molecule has 0 saturated heterocycles. The molecule has 0 aliphatic rings. The zero-order valence-electron chi connectivity index (χ0n) is 16.4. The van der Waals surface area contributed by atoms with E-state index in [0.717, 1.165) is 15.6 Å². The average molecular weight is 403 g/mol. The highest BCUT2D eigenvalue weighted by atomic mass is 32.1. The number of hydrogen-bond donors (Lipinski definition) is 1. The van der Waals surface area contributed by atoms with Crippen molar-refractivity contribution in [1.82, 2.24) is 9.97 Å². The van der Waals surface area contributed by atoms with E-state index in [0.29, 0.717) is 23.2 Å². The van der Waals surface area contributed by atoms with Gasteiger partial charge in [0.05, 0.1) is 10.9 Å². The minimum Gasteiger partial charge on any atom is -0.348 e. The molecule has 29 heavy (non-hydrogen) atoms. The van der Waals surface area contributed by atoms with Gasteiger partial charge in [-0.05, 0) is 43.0 Å². The van der Waals surface area contributed by atoms with E-state index in [-0.39, 0.29) is 11.9 Å². The smallest absolute Gasteiger partial charge is 0.269 e. The first-order valence-corrected chi connectivity index (χ1v) is 10.4. The van der Waals surface area contributed by atoms with Gasteiger partial charge in [0.15, 0.2) is 0 Å². The second-order valence-corrected chi connectivity index (χ2v) is 7.80. The number of nitrogens with zero attached hydrogens (tertiary/aromatic N) is 3. The van der Waals surface area contributed by atoms with Crippen molar-refractivity contribution in [3.8, 4) is 0 Å². The molecular weight excluding hydrogens is 380 g/mol. The van der Waals surface area contributed by atoms with Crippen molar-refractivity contribution in [3.63, 3.8) is 0 Å². The molecule has 0 fully saturated rings. The highest BCUT2D eigenvalue weighted by Gasteiger charge is 2.20. The van der Waals surface area contributed by atoms with Gasteiger partial charge in [0.25, 0.3) is 5.91 Å². The molecule has 1 N–H and O–H groups in total. The molecule has 0 radical (unpaired) electrons.